The van der Waals surface area contributed by atoms with E-state index >= 15 is 0 Å². The monoisotopic (exact) mass is 1010 g/mol. The predicted octanol–water partition coefficient (Wildman–Crippen LogP) is 10.0. The number of nitrogens with zero attached hydrogens (tertiary/aromatic N) is 7. The zero-order valence-electron chi connectivity index (χ0n) is 40.3. The second-order valence-electron chi connectivity index (χ2n) is 19.3. The van der Waals surface area contributed by atoms with E-state index in [-0.39, 0.29) is 48.5 Å². The number of amides is 4. The van der Waals surface area contributed by atoms with Crippen molar-refractivity contribution in [3.8, 4) is 22.5 Å². The molecule has 10 rings (SSSR count). The number of halogens is 3. The first kappa shape index (κ1) is 49.3. The van der Waals surface area contributed by atoms with Crippen molar-refractivity contribution in [3.05, 3.63) is 136 Å². The second-order valence-corrected chi connectivity index (χ2v) is 19.7. The molecule has 4 aromatic carbocycles. The Hall–Kier alpha value is -7.24. The third kappa shape index (κ3) is 11.2. The molecule has 4 N–H and O–H groups in total. The number of hydrogen-bond acceptors (Lipinski definition) is 11. The lowest BCUT2D eigenvalue weighted by molar-refractivity contribution is -0.137. The molecule has 18 heteroatoms. The van der Waals surface area contributed by atoms with Crippen LogP contribution in [0.1, 0.15) is 129 Å². The van der Waals surface area contributed by atoms with E-state index in [9.17, 15) is 28.0 Å². The summed E-state index contributed by atoms with van der Waals surface area (Å²) < 4.78 is 32.0. The molecule has 15 nitrogen and oxygen atoms in total. The smallest absolute Gasteiger partial charge is 0.255 e. The molecular weight excluding hydrogens is 952 g/mol. The van der Waals surface area contributed by atoms with E-state index in [2.05, 4.69) is 41.6 Å². The molecule has 4 aliphatic rings. The number of aliphatic imine (C=N–C) groups is 1. The molecule has 6 aromatic rings. The number of imide groups is 1. The van der Waals surface area contributed by atoms with E-state index in [1.54, 1.807) is 42.6 Å². The lowest BCUT2D eigenvalue weighted by Crippen LogP contribution is -2.52. The molecule has 0 bridgehead atoms. The number of benzene rings is 4. The maximum Gasteiger partial charge on any atom is 0.255 e. The topological polar surface area (TPSA) is 188 Å². The molecule has 2 aromatic heterocycles. The largest absolute Gasteiger partial charge is 0.326 e. The first-order chi connectivity index (χ1) is 35.6. The van der Waals surface area contributed by atoms with Gasteiger partial charge in [-0.05, 0) is 100 Å². The van der Waals surface area contributed by atoms with Gasteiger partial charge in [-0.1, -0.05) is 79.3 Å². The van der Waals surface area contributed by atoms with E-state index in [4.69, 9.17) is 16.6 Å². The fraction of sp³-hybridized carbons (Fsp3) is 0.364. The molecule has 1 atom stereocenters. The van der Waals surface area contributed by atoms with Crippen molar-refractivity contribution < 1.29 is 28.0 Å². The summed E-state index contributed by atoms with van der Waals surface area (Å²) in [4.78, 5) is 65.5. The predicted molar refractivity (Wildman–Crippen MR) is 274 cm³/mol. The molecule has 2 fully saturated rings. The van der Waals surface area contributed by atoms with Crippen LogP contribution in [0.3, 0.4) is 0 Å². The highest BCUT2D eigenvalue weighted by Gasteiger charge is 2.40. The Labute approximate surface area is 426 Å². The Morgan fingerprint density at radius 3 is 2.36 bits per heavy atom. The standard InChI is InChI=1S/C55H56ClF2N11O4/c56-35-17-24-39-41(28-35)52(50-43(57)11-9-12-44(50)58)60-29-34-30-61-55(65-51(34)39)62-37-18-15-33(16-19-37)46-32-69(67-66-46)38-22-20-36(21-23-38)59-27-7-5-3-1-2-4-6-14-48(70)63-45-13-8-10-40-42(45)31-68(54(40)73)47-25-26-49(71)64-53(47)72/h8-13,15-19,24,28,30,32,36,38,47,59H,1-7,14,20-23,25-27,29,31H2,(H,63,70)(H,61,62,65)(H,64,71,72)/t36-,38+,47?. The summed E-state index contributed by atoms with van der Waals surface area (Å²) in [5, 5.41) is 21.8. The summed E-state index contributed by atoms with van der Waals surface area (Å²) in [5.41, 5.74) is 6.67. The Morgan fingerprint density at radius 1 is 0.822 bits per heavy atom. The van der Waals surface area contributed by atoms with E-state index < -0.39 is 23.6 Å². The summed E-state index contributed by atoms with van der Waals surface area (Å²) in [7, 11) is 0. The summed E-state index contributed by atoms with van der Waals surface area (Å²) in [6.07, 6.45) is 16.3. The Bertz CT molecular complexity index is 3060. The van der Waals surface area contributed by atoms with Crippen molar-refractivity contribution in [3.63, 3.8) is 0 Å². The van der Waals surface area contributed by atoms with Gasteiger partial charge in [-0.25, -0.2) is 23.4 Å². The molecule has 376 valence electrons. The van der Waals surface area contributed by atoms with Crippen molar-refractivity contribution in [2.75, 3.05) is 17.2 Å². The lowest BCUT2D eigenvalue weighted by Gasteiger charge is -2.29. The molecular formula is C55H56ClF2N11O4. The van der Waals surface area contributed by atoms with Gasteiger partial charge in [0.1, 0.15) is 23.4 Å². The quantitative estimate of drug-likeness (QED) is 0.0477. The zero-order chi connectivity index (χ0) is 50.4. The van der Waals surface area contributed by atoms with Crippen LogP contribution in [0.25, 0.3) is 22.5 Å². The van der Waals surface area contributed by atoms with E-state index in [1.165, 1.54) is 35.9 Å². The molecule has 5 heterocycles. The number of nitrogens with one attached hydrogen (secondary N) is 4. The van der Waals surface area contributed by atoms with Gasteiger partial charge in [-0.3, -0.25) is 29.5 Å². The molecule has 4 amide bonds. The Kier molecular flexibility index (Phi) is 15.0. The fourth-order valence-electron chi connectivity index (χ4n) is 10.4. The Morgan fingerprint density at radius 2 is 1.58 bits per heavy atom. The minimum atomic E-state index is -0.712. The van der Waals surface area contributed by atoms with Gasteiger partial charge in [-0.2, -0.15) is 0 Å². The number of anilines is 3. The highest BCUT2D eigenvalue weighted by Crippen LogP contribution is 2.36. The van der Waals surface area contributed by atoms with Gasteiger partial charge in [0.05, 0.1) is 35.8 Å². The van der Waals surface area contributed by atoms with Crippen LogP contribution in [0.4, 0.5) is 26.1 Å². The van der Waals surface area contributed by atoms with E-state index in [0.717, 1.165) is 81.3 Å². The molecule has 1 unspecified atom stereocenters. The van der Waals surface area contributed by atoms with Crippen molar-refractivity contribution >= 4 is 58.3 Å². The second kappa shape index (κ2) is 22.3. The number of aromatic nitrogens is 5. The highest BCUT2D eigenvalue weighted by molar-refractivity contribution is 6.31. The van der Waals surface area contributed by atoms with Gasteiger partial charge < -0.3 is 20.9 Å². The van der Waals surface area contributed by atoms with Gasteiger partial charge in [0.15, 0.2) is 0 Å². The molecule has 1 aliphatic carbocycles. The van der Waals surface area contributed by atoms with Crippen LogP contribution in [0.5, 0.6) is 0 Å². The maximum absolute atomic E-state index is 15.0. The average Bonchev–Trinajstić information content (AvgIpc) is 3.98. The van der Waals surface area contributed by atoms with Crippen molar-refractivity contribution in [2.45, 2.75) is 121 Å². The maximum atomic E-state index is 15.0. The molecule has 0 spiro atoms. The highest BCUT2D eigenvalue weighted by atomic mass is 35.5. The molecule has 0 radical (unpaired) electrons. The average molecular weight is 1010 g/mol. The molecule has 1 saturated heterocycles. The van der Waals surface area contributed by atoms with Crippen LogP contribution in [0, 0.1) is 11.6 Å². The number of rotatable bonds is 18. The zero-order valence-corrected chi connectivity index (χ0v) is 41.1. The van der Waals surface area contributed by atoms with E-state index in [1.807, 2.05) is 35.1 Å². The van der Waals surface area contributed by atoms with E-state index in [0.29, 0.717) is 75.1 Å². The molecule has 1 saturated carbocycles. The number of unbranched alkanes of at least 4 members (excludes halogenated alkanes) is 6. The number of fused-ring (bicyclic) bond motifs is 4. The molecule has 73 heavy (non-hydrogen) atoms. The van der Waals surface area contributed by atoms with Gasteiger partial charge in [0, 0.05) is 81.4 Å². The van der Waals surface area contributed by atoms with Crippen molar-refractivity contribution in [1.29, 1.82) is 0 Å². The van der Waals surface area contributed by atoms with Gasteiger partial charge in [-0.15, -0.1) is 5.10 Å². The summed E-state index contributed by atoms with van der Waals surface area (Å²) in [5.74, 6) is -2.19. The number of carbonyl (C=O) groups is 4. The van der Waals surface area contributed by atoms with Crippen molar-refractivity contribution in [2.24, 2.45) is 4.99 Å². The number of carbonyl (C=O) groups excluding carboxylic acids is 4. The van der Waals surface area contributed by atoms with Crippen LogP contribution < -0.4 is 21.3 Å². The minimum Gasteiger partial charge on any atom is -0.326 e. The van der Waals surface area contributed by atoms with Crippen LogP contribution >= 0.6 is 11.6 Å². The third-order valence-corrected chi connectivity index (χ3v) is 14.6. The SMILES string of the molecule is O=C1CCC(N2Cc3c(NC(=O)CCCCCCCCCN[C@H]4CC[C@@H](n5cc(-c6ccc(Nc7ncc8c(n7)-c7ccc(Cl)cc7C(c7c(F)cccc7F)=NC8)cc6)nn5)CC4)cccc3C2=O)C(=O)N1. The van der Waals surface area contributed by atoms with Crippen LogP contribution in [-0.2, 0) is 27.5 Å². The first-order valence-electron chi connectivity index (χ1n) is 25.3. The third-order valence-electron chi connectivity index (χ3n) is 14.4. The minimum absolute atomic E-state index is 0.0856. The Balaban J connectivity index is 0.613. The van der Waals surface area contributed by atoms with Gasteiger partial charge >= 0.3 is 0 Å². The van der Waals surface area contributed by atoms with Crippen molar-refractivity contribution in [1.82, 2.24) is 40.5 Å². The first-order valence-corrected chi connectivity index (χ1v) is 25.7. The van der Waals surface area contributed by atoms with Gasteiger partial charge in [0.25, 0.3) is 5.91 Å². The van der Waals surface area contributed by atoms with Crippen LogP contribution in [-0.4, -0.2) is 77.8 Å². The van der Waals surface area contributed by atoms with Crippen LogP contribution in [0.2, 0.25) is 5.02 Å². The summed E-state index contributed by atoms with van der Waals surface area (Å²) in [6, 6.07) is 22.1. The summed E-state index contributed by atoms with van der Waals surface area (Å²) in [6.45, 7) is 1.35. The van der Waals surface area contributed by atoms with Crippen LogP contribution in [0.15, 0.2) is 96.2 Å². The number of hydrogen-bond donors (Lipinski definition) is 4. The summed E-state index contributed by atoms with van der Waals surface area (Å²) >= 11 is 6.39. The number of piperidine rings is 1. The molecule has 3 aliphatic heterocycles. The fourth-order valence-corrected chi connectivity index (χ4v) is 10.6. The van der Waals surface area contributed by atoms with Gasteiger partial charge in [0.2, 0.25) is 23.7 Å². The lowest BCUT2D eigenvalue weighted by atomic mass is 9.91. The normalized spacial score (nSPS) is 18.3.